The van der Waals surface area contributed by atoms with Crippen LogP contribution in [-0.4, -0.2) is 27.9 Å². The van der Waals surface area contributed by atoms with E-state index in [0.717, 1.165) is 42.5 Å². The van der Waals surface area contributed by atoms with Gasteiger partial charge in [0.05, 0.1) is 17.3 Å². The van der Waals surface area contributed by atoms with Crippen LogP contribution in [0, 0.1) is 5.92 Å². The second kappa shape index (κ2) is 7.88. The van der Waals surface area contributed by atoms with Crippen LogP contribution in [0.3, 0.4) is 0 Å². The van der Waals surface area contributed by atoms with Crippen molar-refractivity contribution in [1.82, 2.24) is 14.9 Å². The predicted molar refractivity (Wildman–Crippen MR) is 106 cm³/mol. The van der Waals surface area contributed by atoms with Gasteiger partial charge in [-0.25, -0.2) is 4.98 Å². The van der Waals surface area contributed by atoms with Crippen LogP contribution in [0.4, 0.5) is 5.69 Å². The van der Waals surface area contributed by atoms with E-state index in [9.17, 15) is 9.59 Å². The van der Waals surface area contributed by atoms with Gasteiger partial charge in [0.15, 0.2) is 5.76 Å². The van der Waals surface area contributed by atoms with Crippen LogP contribution >= 0.6 is 0 Å². The second-order valence-electron chi connectivity index (χ2n) is 7.24. The first-order valence-electron chi connectivity index (χ1n) is 9.70. The van der Waals surface area contributed by atoms with Gasteiger partial charge in [0, 0.05) is 31.6 Å². The highest BCUT2D eigenvalue weighted by Gasteiger charge is 2.22. The molecule has 4 rings (SSSR count). The van der Waals surface area contributed by atoms with Crippen molar-refractivity contribution in [3.8, 4) is 0 Å². The molecule has 28 heavy (non-hydrogen) atoms. The van der Waals surface area contributed by atoms with Crippen molar-refractivity contribution in [1.29, 1.82) is 0 Å². The molecule has 1 aliphatic carbocycles. The van der Waals surface area contributed by atoms with Crippen LogP contribution in [0.1, 0.15) is 42.1 Å². The van der Waals surface area contributed by atoms with Gasteiger partial charge in [-0.15, -0.1) is 0 Å². The number of benzene rings is 1. The summed E-state index contributed by atoms with van der Waals surface area (Å²) >= 11 is 0. The van der Waals surface area contributed by atoms with Gasteiger partial charge in [-0.05, 0) is 43.2 Å². The van der Waals surface area contributed by atoms with Crippen LogP contribution < -0.4 is 10.6 Å². The van der Waals surface area contributed by atoms with E-state index in [0.29, 0.717) is 18.7 Å². The van der Waals surface area contributed by atoms with Crippen molar-refractivity contribution in [2.75, 3.05) is 11.9 Å². The monoisotopic (exact) mass is 380 g/mol. The quantitative estimate of drug-likeness (QED) is 0.687. The van der Waals surface area contributed by atoms with E-state index in [2.05, 4.69) is 15.6 Å². The van der Waals surface area contributed by atoms with Gasteiger partial charge in [-0.1, -0.05) is 12.8 Å². The number of nitrogens with zero attached hydrogens (tertiary/aromatic N) is 2. The molecule has 0 unspecified atom stereocenters. The number of amides is 2. The first-order chi connectivity index (χ1) is 13.6. The van der Waals surface area contributed by atoms with Gasteiger partial charge < -0.3 is 19.6 Å². The molecule has 3 aromatic rings. The Morgan fingerprint density at radius 1 is 1.25 bits per heavy atom. The molecule has 1 aromatic carbocycles. The van der Waals surface area contributed by atoms with Crippen molar-refractivity contribution >= 4 is 28.5 Å². The number of nitrogens with one attached hydrogen (secondary N) is 2. The van der Waals surface area contributed by atoms with E-state index in [-0.39, 0.29) is 23.5 Å². The highest BCUT2D eigenvalue weighted by molar-refractivity contribution is 6.03. The molecule has 146 valence electrons. The highest BCUT2D eigenvalue weighted by Crippen LogP contribution is 2.24. The van der Waals surface area contributed by atoms with Crippen LogP contribution in [0.15, 0.2) is 41.0 Å². The average Bonchev–Trinajstić information content (AvgIpc) is 3.44. The number of anilines is 1. The Morgan fingerprint density at radius 2 is 2.07 bits per heavy atom. The molecule has 0 atom stereocenters. The maximum atomic E-state index is 12.2. The Bertz CT molecular complexity index is 985. The molecule has 2 aromatic heterocycles. The summed E-state index contributed by atoms with van der Waals surface area (Å²) in [7, 11) is 1.96. The van der Waals surface area contributed by atoms with E-state index >= 15 is 0 Å². The van der Waals surface area contributed by atoms with E-state index in [4.69, 9.17) is 4.42 Å². The lowest BCUT2D eigenvalue weighted by molar-refractivity contribution is -0.124. The third-order valence-corrected chi connectivity index (χ3v) is 5.35. The fourth-order valence-electron chi connectivity index (χ4n) is 3.78. The minimum absolute atomic E-state index is 0.166. The molecule has 1 saturated carbocycles. The zero-order chi connectivity index (χ0) is 19.5. The fraction of sp³-hybridized carbons (Fsp3) is 0.381. The molecular formula is C21H24N4O3. The molecule has 1 fully saturated rings. The first-order valence-corrected chi connectivity index (χ1v) is 9.70. The smallest absolute Gasteiger partial charge is 0.291 e. The van der Waals surface area contributed by atoms with E-state index in [1.807, 2.05) is 29.8 Å². The largest absolute Gasteiger partial charge is 0.459 e. The standard InChI is InChI=1S/C21H24N4O3/c1-25-17-9-8-15(23-21(27)18-7-4-12-28-18)13-16(17)24-19(25)10-11-22-20(26)14-5-2-3-6-14/h4,7-9,12-14H,2-3,5-6,10-11H2,1H3,(H,22,26)(H,23,27). The Morgan fingerprint density at radius 3 is 2.82 bits per heavy atom. The van der Waals surface area contributed by atoms with Gasteiger partial charge >= 0.3 is 0 Å². The normalized spacial score (nSPS) is 14.5. The molecule has 2 heterocycles. The molecule has 2 amide bonds. The third-order valence-electron chi connectivity index (χ3n) is 5.35. The highest BCUT2D eigenvalue weighted by atomic mass is 16.3. The fourth-order valence-corrected chi connectivity index (χ4v) is 3.78. The molecule has 0 aliphatic heterocycles. The number of carbonyl (C=O) groups excluding carboxylic acids is 2. The Labute approximate surface area is 163 Å². The molecule has 2 N–H and O–H groups in total. The Hall–Kier alpha value is -3.09. The first kappa shape index (κ1) is 18.3. The SMILES string of the molecule is Cn1c(CCNC(=O)C2CCCC2)nc2cc(NC(=O)c3ccco3)ccc21. The number of aryl methyl sites for hydroxylation is 1. The summed E-state index contributed by atoms with van der Waals surface area (Å²) in [5.41, 5.74) is 2.44. The van der Waals surface area contributed by atoms with Gasteiger partial charge in [0.1, 0.15) is 5.82 Å². The van der Waals surface area contributed by atoms with E-state index in [1.165, 1.54) is 6.26 Å². The summed E-state index contributed by atoms with van der Waals surface area (Å²) in [6.07, 6.45) is 6.45. The van der Waals surface area contributed by atoms with Crippen molar-refractivity contribution < 1.29 is 14.0 Å². The van der Waals surface area contributed by atoms with E-state index < -0.39 is 0 Å². The van der Waals surface area contributed by atoms with Crippen LogP contribution in [-0.2, 0) is 18.3 Å². The molecule has 0 radical (unpaired) electrons. The summed E-state index contributed by atoms with van der Waals surface area (Å²) in [6.45, 7) is 0.578. The second-order valence-corrected chi connectivity index (χ2v) is 7.24. The number of rotatable bonds is 6. The zero-order valence-corrected chi connectivity index (χ0v) is 15.9. The number of fused-ring (bicyclic) bond motifs is 1. The number of hydrogen-bond donors (Lipinski definition) is 2. The summed E-state index contributed by atoms with van der Waals surface area (Å²) in [5.74, 6) is 1.21. The molecule has 0 saturated heterocycles. The topological polar surface area (TPSA) is 89.2 Å². The van der Waals surface area contributed by atoms with Crippen LogP contribution in [0.25, 0.3) is 11.0 Å². The summed E-state index contributed by atoms with van der Waals surface area (Å²) in [4.78, 5) is 29.0. The zero-order valence-electron chi connectivity index (χ0n) is 15.9. The van der Waals surface area contributed by atoms with Crippen molar-refractivity contribution in [3.63, 3.8) is 0 Å². The lowest BCUT2D eigenvalue weighted by Gasteiger charge is -2.10. The molecular weight excluding hydrogens is 356 g/mol. The van der Waals surface area contributed by atoms with Crippen molar-refractivity contribution in [2.24, 2.45) is 13.0 Å². The molecule has 7 heteroatoms. The van der Waals surface area contributed by atoms with Gasteiger partial charge in [-0.2, -0.15) is 0 Å². The molecule has 1 aliphatic rings. The predicted octanol–water partition coefficient (Wildman–Crippen LogP) is 3.27. The number of carbonyl (C=O) groups is 2. The summed E-state index contributed by atoms with van der Waals surface area (Å²) < 4.78 is 7.14. The number of aromatic nitrogens is 2. The lowest BCUT2D eigenvalue weighted by Crippen LogP contribution is -2.31. The third kappa shape index (κ3) is 3.78. The molecule has 7 nitrogen and oxygen atoms in total. The lowest BCUT2D eigenvalue weighted by atomic mass is 10.1. The van der Waals surface area contributed by atoms with Crippen LogP contribution in [0.2, 0.25) is 0 Å². The molecule has 0 bridgehead atoms. The Kier molecular flexibility index (Phi) is 5.14. The number of imidazole rings is 1. The molecule has 0 spiro atoms. The summed E-state index contributed by atoms with van der Waals surface area (Å²) in [6, 6.07) is 8.91. The van der Waals surface area contributed by atoms with Gasteiger partial charge in [-0.3, -0.25) is 9.59 Å². The van der Waals surface area contributed by atoms with Crippen molar-refractivity contribution in [2.45, 2.75) is 32.1 Å². The maximum absolute atomic E-state index is 12.2. The minimum Gasteiger partial charge on any atom is -0.459 e. The van der Waals surface area contributed by atoms with E-state index in [1.54, 1.807) is 12.1 Å². The van der Waals surface area contributed by atoms with Crippen LogP contribution in [0.5, 0.6) is 0 Å². The van der Waals surface area contributed by atoms with Gasteiger partial charge in [0.25, 0.3) is 5.91 Å². The number of hydrogen-bond acceptors (Lipinski definition) is 4. The number of furan rings is 1. The average molecular weight is 380 g/mol. The maximum Gasteiger partial charge on any atom is 0.291 e. The summed E-state index contributed by atoms with van der Waals surface area (Å²) in [5, 5.41) is 5.85. The van der Waals surface area contributed by atoms with Gasteiger partial charge in [0.2, 0.25) is 5.91 Å². The Balaban J connectivity index is 1.41. The minimum atomic E-state index is -0.296. The van der Waals surface area contributed by atoms with Crippen molar-refractivity contribution in [3.05, 3.63) is 48.2 Å².